The molecule has 1 N–H and O–H groups in total. The van der Waals surface area contributed by atoms with E-state index in [1.165, 1.54) is 36.8 Å². The number of fused-ring (bicyclic) bond motifs is 3. The van der Waals surface area contributed by atoms with Gasteiger partial charge in [-0.2, -0.15) is 0 Å². The Bertz CT molecular complexity index is 544. The Morgan fingerprint density at radius 3 is 3.10 bits per heavy atom. The first-order valence-electron chi connectivity index (χ1n) is 8.25. The van der Waals surface area contributed by atoms with Crippen LogP contribution in [0.3, 0.4) is 0 Å². The SMILES string of the molecule is COc1ccc2c(c1)C1OCC3(CCCC(C)C3)NC1C2. The van der Waals surface area contributed by atoms with Crippen LogP contribution >= 0.6 is 0 Å². The molecule has 2 fully saturated rings. The molecule has 1 saturated carbocycles. The first kappa shape index (κ1) is 13.6. The van der Waals surface area contributed by atoms with Crippen molar-refractivity contribution >= 4 is 0 Å². The summed E-state index contributed by atoms with van der Waals surface area (Å²) in [6, 6.07) is 6.86. The standard InChI is InChI=1S/C18H25NO2/c1-12-4-3-7-18(10-12)11-21-17-15-9-14(20-2)6-5-13(15)8-16(17)19-18/h5-6,9,12,16-17,19H,3-4,7-8,10-11H2,1-2H3. The molecule has 0 amide bonds. The lowest BCUT2D eigenvalue weighted by atomic mass is 9.75. The fourth-order valence-corrected chi connectivity index (χ4v) is 4.65. The Hall–Kier alpha value is -1.06. The number of nitrogens with one attached hydrogen (secondary N) is 1. The normalized spacial score (nSPS) is 38.1. The van der Waals surface area contributed by atoms with Gasteiger partial charge in [0.05, 0.1) is 19.8 Å². The van der Waals surface area contributed by atoms with E-state index in [2.05, 4.69) is 30.4 Å². The van der Waals surface area contributed by atoms with E-state index < -0.39 is 0 Å². The molecule has 2 aliphatic carbocycles. The van der Waals surface area contributed by atoms with E-state index in [0.29, 0.717) is 6.04 Å². The summed E-state index contributed by atoms with van der Waals surface area (Å²) in [5, 5.41) is 3.98. The van der Waals surface area contributed by atoms with Crippen molar-refractivity contribution in [3.63, 3.8) is 0 Å². The Labute approximate surface area is 127 Å². The molecular weight excluding hydrogens is 262 g/mol. The van der Waals surface area contributed by atoms with Crippen molar-refractivity contribution in [2.24, 2.45) is 5.92 Å². The maximum Gasteiger partial charge on any atom is 0.119 e. The predicted molar refractivity (Wildman–Crippen MR) is 82.7 cm³/mol. The van der Waals surface area contributed by atoms with Gasteiger partial charge in [0, 0.05) is 11.6 Å². The molecule has 1 aliphatic heterocycles. The summed E-state index contributed by atoms with van der Waals surface area (Å²) in [6.45, 7) is 3.23. The molecule has 0 aromatic heterocycles. The molecule has 0 radical (unpaired) electrons. The molecule has 3 heteroatoms. The second kappa shape index (κ2) is 4.99. The van der Waals surface area contributed by atoms with Gasteiger partial charge in [-0.15, -0.1) is 0 Å². The average Bonchev–Trinajstić information content (AvgIpc) is 2.83. The van der Waals surface area contributed by atoms with E-state index in [4.69, 9.17) is 9.47 Å². The van der Waals surface area contributed by atoms with Crippen molar-refractivity contribution in [2.45, 2.75) is 56.7 Å². The molecule has 1 aromatic rings. The molecule has 4 unspecified atom stereocenters. The number of hydrogen-bond donors (Lipinski definition) is 1. The molecule has 21 heavy (non-hydrogen) atoms. The molecule has 1 saturated heterocycles. The summed E-state index contributed by atoms with van der Waals surface area (Å²) in [5.74, 6) is 1.75. The van der Waals surface area contributed by atoms with E-state index in [0.717, 1.165) is 24.7 Å². The molecule has 1 spiro atoms. The smallest absolute Gasteiger partial charge is 0.119 e. The van der Waals surface area contributed by atoms with Gasteiger partial charge in [-0.1, -0.05) is 25.8 Å². The maximum atomic E-state index is 6.35. The van der Waals surface area contributed by atoms with Crippen LogP contribution in [0.15, 0.2) is 18.2 Å². The highest BCUT2D eigenvalue weighted by atomic mass is 16.5. The van der Waals surface area contributed by atoms with Gasteiger partial charge >= 0.3 is 0 Å². The molecule has 3 aliphatic rings. The van der Waals surface area contributed by atoms with Crippen molar-refractivity contribution < 1.29 is 9.47 Å². The summed E-state index contributed by atoms with van der Waals surface area (Å²) >= 11 is 0. The fraction of sp³-hybridized carbons (Fsp3) is 0.667. The average molecular weight is 287 g/mol. The van der Waals surface area contributed by atoms with Gasteiger partial charge in [0.1, 0.15) is 5.75 Å². The molecule has 114 valence electrons. The molecule has 4 rings (SSSR count). The van der Waals surface area contributed by atoms with Gasteiger partial charge < -0.3 is 14.8 Å². The zero-order chi connectivity index (χ0) is 14.4. The highest BCUT2D eigenvalue weighted by Gasteiger charge is 2.46. The van der Waals surface area contributed by atoms with Crippen molar-refractivity contribution in [1.29, 1.82) is 0 Å². The van der Waals surface area contributed by atoms with Crippen molar-refractivity contribution in [1.82, 2.24) is 5.32 Å². The topological polar surface area (TPSA) is 30.5 Å². The van der Waals surface area contributed by atoms with Gasteiger partial charge in [0.25, 0.3) is 0 Å². The van der Waals surface area contributed by atoms with Gasteiger partial charge in [-0.3, -0.25) is 0 Å². The largest absolute Gasteiger partial charge is 0.497 e. The first-order valence-corrected chi connectivity index (χ1v) is 8.25. The number of hydrogen-bond acceptors (Lipinski definition) is 3. The molecule has 1 aromatic carbocycles. The van der Waals surface area contributed by atoms with Crippen LogP contribution in [-0.4, -0.2) is 25.3 Å². The van der Waals surface area contributed by atoms with Crippen LogP contribution in [0.4, 0.5) is 0 Å². The van der Waals surface area contributed by atoms with E-state index in [1.54, 1.807) is 7.11 Å². The number of ether oxygens (including phenoxy) is 2. The van der Waals surface area contributed by atoms with E-state index >= 15 is 0 Å². The maximum absolute atomic E-state index is 6.35. The summed E-state index contributed by atoms with van der Waals surface area (Å²) < 4.78 is 11.7. The third-order valence-electron chi connectivity index (χ3n) is 5.59. The number of morpholine rings is 1. The van der Waals surface area contributed by atoms with Crippen LogP contribution in [0.25, 0.3) is 0 Å². The Morgan fingerprint density at radius 2 is 2.29 bits per heavy atom. The van der Waals surface area contributed by atoms with E-state index in [9.17, 15) is 0 Å². The van der Waals surface area contributed by atoms with Gasteiger partial charge in [-0.05, 0) is 48.4 Å². The van der Waals surface area contributed by atoms with Crippen LogP contribution in [0.5, 0.6) is 5.75 Å². The van der Waals surface area contributed by atoms with Crippen LogP contribution in [0.1, 0.15) is 49.8 Å². The lowest BCUT2D eigenvalue weighted by molar-refractivity contribution is -0.0743. The third-order valence-corrected chi connectivity index (χ3v) is 5.59. The minimum atomic E-state index is 0.206. The highest BCUT2D eigenvalue weighted by Crippen LogP contribution is 2.44. The summed E-state index contributed by atoms with van der Waals surface area (Å²) in [7, 11) is 1.73. The zero-order valence-electron chi connectivity index (χ0n) is 13.0. The number of methoxy groups -OCH3 is 1. The van der Waals surface area contributed by atoms with Gasteiger partial charge in [0.15, 0.2) is 0 Å². The number of benzene rings is 1. The lowest BCUT2D eigenvalue weighted by Crippen LogP contribution is -2.60. The van der Waals surface area contributed by atoms with Crippen LogP contribution < -0.4 is 10.1 Å². The Morgan fingerprint density at radius 1 is 1.38 bits per heavy atom. The van der Waals surface area contributed by atoms with Crippen molar-refractivity contribution in [3.8, 4) is 5.75 Å². The quantitative estimate of drug-likeness (QED) is 0.860. The molecular formula is C18H25NO2. The van der Waals surface area contributed by atoms with Gasteiger partial charge in [-0.25, -0.2) is 0 Å². The lowest BCUT2D eigenvalue weighted by Gasteiger charge is -2.47. The molecule has 1 heterocycles. The molecule has 3 nitrogen and oxygen atoms in total. The zero-order valence-corrected chi connectivity index (χ0v) is 13.0. The van der Waals surface area contributed by atoms with Crippen molar-refractivity contribution in [2.75, 3.05) is 13.7 Å². The Balaban J connectivity index is 1.57. The molecule has 0 bridgehead atoms. The summed E-state index contributed by atoms with van der Waals surface area (Å²) in [4.78, 5) is 0. The minimum absolute atomic E-state index is 0.206. The fourth-order valence-electron chi connectivity index (χ4n) is 4.65. The van der Waals surface area contributed by atoms with Crippen LogP contribution in [0, 0.1) is 5.92 Å². The van der Waals surface area contributed by atoms with E-state index in [1.807, 2.05) is 0 Å². The monoisotopic (exact) mass is 287 g/mol. The number of rotatable bonds is 1. The highest BCUT2D eigenvalue weighted by molar-refractivity contribution is 5.42. The minimum Gasteiger partial charge on any atom is -0.497 e. The molecule has 4 atom stereocenters. The van der Waals surface area contributed by atoms with E-state index in [-0.39, 0.29) is 11.6 Å². The second-order valence-electron chi connectivity index (χ2n) is 7.23. The van der Waals surface area contributed by atoms with Crippen LogP contribution in [-0.2, 0) is 11.2 Å². The first-order chi connectivity index (χ1) is 10.2. The van der Waals surface area contributed by atoms with Gasteiger partial charge in [0.2, 0.25) is 0 Å². The van der Waals surface area contributed by atoms with Crippen molar-refractivity contribution in [3.05, 3.63) is 29.3 Å². The second-order valence-corrected chi connectivity index (χ2v) is 7.23. The summed E-state index contributed by atoms with van der Waals surface area (Å²) in [5.41, 5.74) is 2.97. The summed E-state index contributed by atoms with van der Waals surface area (Å²) in [6.07, 6.45) is 6.51. The Kier molecular flexibility index (Phi) is 3.23. The van der Waals surface area contributed by atoms with Crippen LogP contribution in [0.2, 0.25) is 0 Å². The third kappa shape index (κ3) is 2.27. The predicted octanol–water partition coefficient (Wildman–Crippen LogP) is 3.23.